The maximum atomic E-state index is 11.9. The second-order valence-electron chi connectivity index (χ2n) is 4.19. The molecule has 0 radical (unpaired) electrons. The Hall–Kier alpha value is -3.00. The molecule has 2 N–H and O–H groups in total. The summed E-state index contributed by atoms with van der Waals surface area (Å²) in [6.45, 7) is 1.98. The number of para-hydroxylation sites is 1. The summed E-state index contributed by atoms with van der Waals surface area (Å²) in [7, 11) is 0. The number of hydrogen-bond acceptors (Lipinski definition) is 5. The number of nitrogens with zero attached hydrogens (tertiary/aromatic N) is 1. The summed E-state index contributed by atoms with van der Waals surface area (Å²) in [6.07, 6.45) is 0. The molecule has 0 aliphatic heterocycles. The molecule has 0 saturated carbocycles. The molecule has 0 unspecified atom stereocenters. The van der Waals surface area contributed by atoms with Gasteiger partial charge >= 0.3 is 5.97 Å². The summed E-state index contributed by atoms with van der Waals surface area (Å²) in [6, 6.07) is 13.5. The summed E-state index contributed by atoms with van der Waals surface area (Å²) >= 11 is 0. The average molecular weight is 282 g/mol. The highest BCUT2D eigenvalue weighted by Crippen LogP contribution is 2.32. The number of esters is 1. The molecule has 0 atom stereocenters. The Morgan fingerprint density at radius 3 is 2.76 bits per heavy atom. The number of anilines is 1. The van der Waals surface area contributed by atoms with Crippen LogP contribution in [0.2, 0.25) is 0 Å². The monoisotopic (exact) mass is 282 g/mol. The van der Waals surface area contributed by atoms with E-state index in [1.165, 1.54) is 0 Å². The van der Waals surface area contributed by atoms with E-state index in [0.29, 0.717) is 17.0 Å². The van der Waals surface area contributed by atoms with Crippen LogP contribution in [0.3, 0.4) is 0 Å². The summed E-state index contributed by atoms with van der Waals surface area (Å²) in [5, 5.41) is 8.89. The molecule has 21 heavy (non-hydrogen) atoms. The number of rotatable bonds is 4. The van der Waals surface area contributed by atoms with Gasteiger partial charge in [0.1, 0.15) is 11.3 Å². The number of carbonyl (C=O) groups excluding carboxylic acids is 1. The van der Waals surface area contributed by atoms with Crippen LogP contribution in [-0.4, -0.2) is 12.6 Å². The van der Waals surface area contributed by atoms with Crippen molar-refractivity contribution >= 4 is 11.7 Å². The maximum absolute atomic E-state index is 11.9. The first kappa shape index (κ1) is 14.4. The summed E-state index contributed by atoms with van der Waals surface area (Å²) in [5.74, 6) is 0.153. The number of nitriles is 1. The molecule has 0 aliphatic rings. The van der Waals surface area contributed by atoms with Crippen LogP contribution in [0.5, 0.6) is 11.5 Å². The Bertz CT molecular complexity index is 705. The van der Waals surface area contributed by atoms with Crippen LogP contribution in [0.25, 0.3) is 0 Å². The molecule has 2 aromatic rings. The van der Waals surface area contributed by atoms with Crippen LogP contribution in [-0.2, 0) is 4.74 Å². The highest BCUT2D eigenvalue weighted by atomic mass is 16.5. The smallest absolute Gasteiger partial charge is 0.342 e. The van der Waals surface area contributed by atoms with Crippen molar-refractivity contribution < 1.29 is 14.3 Å². The number of benzene rings is 2. The Morgan fingerprint density at radius 1 is 1.29 bits per heavy atom. The topological polar surface area (TPSA) is 85.3 Å². The minimum atomic E-state index is -0.503. The standard InChI is InChI=1S/C16H14N2O3/c1-2-20-16(19)13-7-4-8-14(18)15(13)21-12-6-3-5-11(9-12)10-17/h3-9H,2,18H2,1H3. The number of hydrogen-bond donors (Lipinski definition) is 1. The van der Waals surface area contributed by atoms with Crippen LogP contribution in [0.1, 0.15) is 22.8 Å². The lowest BCUT2D eigenvalue weighted by atomic mass is 10.1. The molecule has 5 heteroatoms. The maximum Gasteiger partial charge on any atom is 0.342 e. The SMILES string of the molecule is CCOC(=O)c1cccc(N)c1Oc1cccc(C#N)c1. The van der Waals surface area contributed by atoms with Crippen LogP contribution < -0.4 is 10.5 Å². The van der Waals surface area contributed by atoms with Gasteiger partial charge in [-0.1, -0.05) is 12.1 Å². The summed E-state index contributed by atoms with van der Waals surface area (Å²) in [5.41, 5.74) is 6.91. The predicted octanol–water partition coefficient (Wildman–Crippen LogP) is 3.11. The summed E-state index contributed by atoms with van der Waals surface area (Å²) < 4.78 is 10.7. The van der Waals surface area contributed by atoms with Gasteiger partial charge < -0.3 is 15.2 Å². The van der Waals surface area contributed by atoms with Gasteiger partial charge in [-0.25, -0.2) is 4.79 Å². The van der Waals surface area contributed by atoms with Gasteiger partial charge in [0.15, 0.2) is 5.75 Å². The average Bonchev–Trinajstić information content (AvgIpc) is 2.49. The normalized spacial score (nSPS) is 9.71. The van der Waals surface area contributed by atoms with Crippen molar-refractivity contribution in [1.29, 1.82) is 5.26 Å². The molecule has 0 aliphatic carbocycles. The molecular weight excluding hydrogens is 268 g/mol. The largest absolute Gasteiger partial charge is 0.462 e. The zero-order valence-electron chi connectivity index (χ0n) is 11.5. The Labute approximate surface area is 122 Å². The highest BCUT2D eigenvalue weighted by Gasteiger charge is 2.17. The molecule has 2 aromatic carbocycles. The fourth-order valence-electron chi connectivity index (χ4n) is 1.79. The lowest BCUT2D eigenvalue weighted by molar-refractivity contribution is 0.0523. The molecule has 0 aromatic heterocycles. The van der Waals surface area contributed by atoms with E-state index in [9.17, 15) is 4.79 Å². The van der Waals surface area contributed by atoms with E-state index in [2.05, 4.69) is 0 Å². The molecule has 0 bridgehead atoms. The quantitative estimate of drug-likeness (QED) is 0.688. The van der Waals surface area contributed by atoms with Crippen LogP contribution in [0.15, 0.2) is 42.5 Å². The van der Waals surface area contributed by atoms with Gasteiger partial charge in [0.2, 0.25) is 0 Å². The van der Waals surface area contributed by atoms with Gasteiger partial charge in [-0.15, -0.1) is 0 Å². The third-order valence-electron chi connectivity index (χ3n) is 2.72. The lowest BCUT2D eigenvalue weighted by Crippen LogP contribution is -2.08. The van der Waals surface area contributed by atoms with Gasteiger partial charge in [-0.3, -0.25) is 0 Å². The van der Waals surface area contributed by atoms with E-state index in [1.807, 2.05) is 6.07 Å². The number of ether oxygens (including phenoxy) is 2. The zero-order chi connectivity index (χ0) is 15.2. The van der Waals surface area contributed by atoms with Crippen molar-refractivity contribution in [2.24, 2.45) is 0 Å². The van der Waals surface area contributed by atoms with Crippen molar-refractivity contribution in [3.8, 4) is 17.6 Å². The second-order valence-corrected chi connectivity index (χ2v) is 4.19. The third-order valence-corrected chi connectivity index (χ3v) is 2.72. The molecule has 0 saturated heterocycles. The lowest BCUT2D eigenvalue weighted by Gasteiger charge is -2.12. The first-order valence-corrected chi connectivity index (χ1v) is 6.39. The van der Waals surface area contributed by atoms with Crippen LogP contribution in [0.4, 0.5) is 5.69 Å². The van der Waals surface area contributed by atoms with Gasteiger partial charge in [0, 0.05) is 0 Å². The molecule has 2 rings (SSSR count). The van der Waals surface area contributed by atoms with Crippen molar-refractivity contribution in [2.45, 2.75) is 6.92 Å². The number of carbonyl (C=O) groups is 1. The zero-order valence-corrected chi connectivity index (χ0v) is 11.5. The van der Waals surface area contributed by atoms with E-state index in [1.54, 1.807) is 49.4 Å². The number of nitrogens with two attached hydrogens (primary N) is 1. The minimum Gasteiger partial charge on any atom is -0.462 e. The fourth-order valence-corrected chi connectivity index (χ4v) is 1.79. The molecule has 0 fully saturated rings. The first-order chi connectivity index (χ1) is 10.2. The van der Waals surface area contributed by atoms with Crippen molar-refractivity contribution in [1.82, 2.24) is 0 Å². The molecule has 106 valence electrons. The van der Waals surface area contributed by atoms with Gasteiger partial charge in [0.25, 0.3) is 0 Å². The molecular formula is C16H14N2O3. The predicted molar refractivity (Wildman–Crippen MR) is 78.0 cm³/mol. The van der Waals surface area contributed by atoms with Crippen molar-refractivity contribution in [2.75, 3.05) is 12.3 Å². The van der Waals surface area contributed by atoms with Crippen molar-refractivity contribution in [3.63, 3.8) is 0 Å². The fraction of sp³-hybridized carbons (Fsp3) is 0.125. The van der Waals surface area contributed by atoms with E-state index in [-0.39, 0.29) is 17.9 Å². The molecule has 0 amide bonds. The van der Waals surface area contributed by atoms with E-state index >= 15 is 0 Å². The Morgan fingerprint density at radius 2 is 2.05 bits per heavy atom. The van der Waals surface area contributed by atoms with Gasteiger partial charge in [0.05, 0.1) is 23.9 Å². The molecule has 5 nitrogen and oxygen atoms in total. The Balaban J connectivity index is 2.39. The van der Waals surface area contributed by atoms with Gasteiger partial charge in [-0.05, 0) is 37.3 Å². The first-order valence-electron chi connectivity index (χ1n) is 6.39. The van der Waals surface area contributed by atoms with Crippen LogP contribution >= 0.6 is 0 Å². The molecule has 0 heterocycles. The Kier molecular flexibility index (Phi) is 4.42. The number of nitrogen functional groups attached to an aromatic ring is 1. The van der Waals surface area contributed by atoms with Crippen LogP contribution in [0, 0.1) is 11.3 Å². The second kappa shape index (κ2) is 6.44. The highest BCUT2D eigenvalue weighted by molar-refractivity contribution is 5.94. The van der Waals surface area contributed by atoms with Gasteiger partial charge in [-0.2, -0.15) is 5.26 Å². The molecule has 0 spiro atoms. The third kappa shape index (κ3) is 3.31. The van der Waals surface area contributed by atoms with E-state index < -0.39 is 5.97 Å². The van der Waals surface area contributed by atoms with E-state index in [0.717, 1.165) is 0 Å². The van der Waals surface area contributed by atoms with E-state index in [4.69, 9.17) is 20.5 Å². The minimum absolute atomic E-state index is 0.228. The summed E-state index contributed by atoms with van der Waals surface area (Å²) in [4.78, 5) is 11.9. The van der Waals surface area contributed by atoms with Crippen molar-refractivity contribution in [3.05, 3.63) is 53.6 Å².